The van der Waals surface area contributed by atoms with Gasteiger partial charge in [0.05, 0.1) is 12.9 Å². The maximum atomic E-state index is 11.1. The van der Waals surface area contributed by atoms with Crippen LogP contribution in [0.2, 0.25) is 0 Å². The molecule has 16 heavy (non-hydrogen) atoms. The molecular formula is C11H15ClO3S. The predicted molar refractivity (Wildman–Crippen MR) is 65.5 cm³/mol. The third kappa shape index (κ3) is 4.02. The fourth-order valence-corrected chi connectivity index (χ4v) is 2.56. The number of ether oxygens (including phenoxy) is 1. The monoisotopic (exact) mass is 262 g/mol. The van der Waals surface area contributed by atoms with E-state index >= 15 is 0 Å². The van der Waals surface area contributed by atoms with Crippen LogP contribution in [-0.2, 0) is 21.2 Å². The summed E-state index contributed by atoms with van der Waals surface area (Å²) < 4.78 is 27.2. The number of rotatable bonds is 5. The molecule has 0 fully saturated rings. The Labute approximate surface area is 101 Å². The maximum Gasteiger partial charge on any atom is 0.236 e. The Bertz CT molecular complexity index is 454. The van der Waals surface area contributed by atoms with Crippen LogP contribution in [-0.4, -0.2) is 15.5 Å². The lowest BCUT2D eigenvalue weighted by Gasteiger charge is -2.09. The molecule has 0 N–H and O–H groups in total. The SMILES string of the molecule is CCCc1ccc(OC)cc1CS(=O)(=O)Cl. The van der Waals surface area contributed by atoms with E-state index in [0.717, 1.165) is 24.0 Å². The van der Waals surface area contributed by atoms with E-state index in [4.69, 9.17) is 15.4 Å². The van der Waals surface area contributed by atoms with Gasteiger partial charge in [0, 0.05) is 10.7 Å². The molecule has 0 aromatic heterocycles. The Hall–Kier alpha value is -0.740. The van der Waals surface area contributed by atoms with Crippen LogP contribution in [0.4, 0.5) is 0 Å². The van der Waals surface area contributed by atoms with Gasteiger partial charge in [0.25, 0.3) is 0 Å². The fraction of sp³-hybridized carbons (Fsp3) is 0.455. The molecule has 0 spiro atoms. The van der Waals surface area contributed by atoms with Gasteiger partial charge < -0.3 is 4.74 Å². The van der Waals surface area contributed by atoms with E-state index in [-0.39, 0.29) is 5.75 Å². The number of halogens is 1. The lowest BCUT2D eigenvalue weighted by Crippen LogP contribution is -2.01. The maximum absolute atomic E-state index is 11.1. The van der Waals surface area contributed by atoms with Crippen LogP contribution in [0.3, 0.4) is 0 Å². The average Bonchev–Trinajstić information content (AvgIpc) is 2.18. The van der Waals surface area contributed by atoms with Crippen molar-refractivity contribution in [2.75, 3.05) is 7.11 Å². The zero-order valence-electron chi connectivity index (χ0n) is 9.36. The Kier molecular flexibility index (Phi) is 4.62. The summed E-state index contributed by atoms with van der Waals surface area (Å²) in [4.78, 5) is 0. The second-order valence-corrected chi connectivity index (χ2v) is 6.34. The number of benzene rings is 1. The van der Waals surface area contributed by atoms with Gasteiger partial charge in [-0.2, -0.15) is 0 Å². The molecule has 0 aliphatic heterocycles. The summed E-state index contributed by atoms with van der Waals surface area (Å²) in [6, 6.07) is 5.44. The third-order valence-electron chi connectivity index (χ3n) is 2.26. The predicted octanol–water partition coefficient (Wildman–Crippen LogP) is 2.72. The van der Waals surface area contributed by atoms with Crippen LogP contribution in [0.5, 0.6) is 5.75 Å². The minimum absolute atomic E-state index is 0.152. The lowest BCUT2D eigenvalue weighted by molar-refractivity contribution is 0.414. The summed E-state index contributed by atoms with van der Waals surface area (Å²) in [5.41, 5.74) is 1.73. The first kappa shape index (κ1) is 13.3. The van der Waals surface area contributed by atoms with E-state index in [1.165, 1.54) is 0 Å². The number of aryl methyl sites for hydroxylation is 1. The summed E-state index contributed by atoms with van der Waals surface area (Å²) >= 11 is 0. The van der Waals surface area contributed by atoms with Crippen LogP contribution in [0.15, 0.2) is 18.2 Å². The molecule has 0 saturated carbocycles. The molecule has 0 saturated heterocycles. The van der Waals surface area contributed by atoms with Crippen molar-refractivity contribution < 1.29 is 13.2 Å². The quantitative estimate of drug-likeness (QED) is 0.767. The van der Waals surface area contributed by atoms with Crippen molar-refractivity contribution in [2.24, 2.45) is 0 Å². The first-order valence-electron chi connectivity index (χ1n) is 5.04. The second kappa shape index (κ2) is 5.55. The zero-order valence-corrected chi connectivity index (χ0v) is 10.9. The molecule has 3 nitrogen and oxygen atoms in total. The molecule has 0 atom stereocenters. The van der Waals surface area contributed by atoms with Crippen molar-refractivity contribution in [2.45, 2.75) is 25.5 Å². The molecule has 1 aromatic rings. The van der Waals surface area contributed by atoms with E-state index < -0.39 is 9.05 Å². The number of methoxy groups -OCH3 is 1. The molecule has 0 radical (unpaired) electrons. The van der Waals surface area contributed by atoms with Crippen LogP contribution >= 0.6 is 10.7 Å². The second-order valence-electron chi connectivity index (χ2n) is 3.57. The number of hydrogen-bond donors (Lipinski definition) is 0. The summed E-state index contributed by atoms with van der Waals surface area (Å²) in [7, 11) is 3.29. The van der Waals surface area contributed by atoms with Gasteiger partial charge in [0.15, 0.2) is 0 Å². The highest BCUT2D eigenvalue weighted by Gasteiger charge is 2.12. The molecule has 0 amide bonds. The van der Waals surface area contributed by atoms with Crippen molar-refractivity contribution in [3.8, 4) is 5.75 Å². The third-order valence-corrected chi connectivity index (χ3v) is 3.24. The Morgan fingerprint density at radius 2 is 2.00 bits per heavy atom. The van der Waals surface area contributed by atoms with Crippen LogP contribution in [0.25, 0.3) is 0 Å². The Morgan fingerprint density at radius 1 is 1.31 bits per heavy atom. The molecule has 90 valence electrons. The molecule has 0 aliphatic rings. The molecule has 0 bridgehead atoms. The van der Waals surface area contributed by atoms with Crippen LogP contribution in [0.1, 0.15) is 24.5 Å². The van der Waals surface area contributed by atoms with Gasteiger partial charge in [-0.05, 0) is 29.7 Å². The summed E-state index contributed by atoms with van der Waals surface area (Å²) in [6.45, 7) is 2.04. The minimum Gasteiger partial charge on any atom is -0.497 e. The lowest BCUT2D eigenvalue weighted by atomic mass is 10.0. The average molecular weight is 263 g/mol. The van der Waals surface area contributed by atoms with Gasteiger partial charge in [-0.15, -0.1) is 0 Å². The smallest absolute Gasteiger partial charge is 0.236 e. The normalized spacial score (nSPS) is 11.4. The van der Waals surface area contributed by atoms with Gasteiger partial charge >= 0.3 is 0 Å². The van der Waals surface area contributed by atoms with Crippen molar-refractivity contribution in [3.05, 3.63) is 29.3 Å². The zero-order chi connectivity index (χ0) is 12.2. The highest BCUT2D eigenvalue weighted by atomic mass is 35.7. The van der Waals surface area contributed by atoms with Gasteiger partial charge in [-0.1, -0.05) is 19.4 Å². The molecule has 1 rings (SSSR count). The summed E-state index contributed by atoms with van der Waals surface area (Å²) in [5, 5.41) is 0. The topological polar surface area (TPSA) is 43.4 Å². The van der Waals surface area contributed by atoms with Gasteiger partial charge in [0.1, 0.15) is 5.75 Å². The molecule has 1 aromatic carbocycles. The van der Waals surface area contributed by atoms with E-state index in [1.807, 2.05) is 19.1 Å². The fourth-order valence-electron chi connectivity index (χ4n) is 1.56. The van der Waals surface area contributed by atoms with Crippen molar-refractivity contribution in [1.82, 2.24) is 0 Å². The molecule has 0 heterocycles. The van der Waals surface area contributed by atoms with Crippen molar-refractivity contribution in [1.29, 1.82) is 0 Å². The number of hydrogen-bond acceptors (Lipinski definition) is 3. The Morgan fingerprint density at radius 3 is 2.50 bits per heavy atom. The Balaban J connectivity index is 3.09. The first-order valence-corrected chi connectivity index (χ1v) is 7.52. The van der Waals surface area contributed by atoms with E-state index in [2.05, 4.69) is 0 Å². The molecule has 0 unspecified atom stereocenters. The van der Waals surface area contributed by atoms with Gasteiger partial charge in [0.2, 0.25) is 9.05 Å². The highest BCUT2D eigenvalue weighted by Crippen LogP contribution is 2.22. The van der Waals surface area contributed by atoms with Gasteiger partial charge in [-0.25, -0.2) is 8.42 Å². The van der Waals surface area contributed by atoms with Crippen molar-refractivity contribution in [3.63, 3.8) is 0 Å². The van der Waals surface area contributed by atoms with Crippen molar-refractivity contribution >= 4 is 19.7 Å². The van der Waals surface area contributed by atoms with Gasteiger partial charge in [-0.3, -0.25) is 0 Å². The van der Waals surface area contributed by atoms with E-state index in [1.54, 1.807) is 13.2 Å². The highest BCUT2D eigenvalue weighted by molar-refractivity contribution is 8.13. The largest absolute Gasteiger partial charge is 0.497 e. The molecular weight excluding hydrogens is 248 g/mol. The molecule has 0 aliphatic carbocycles. The van der Waals surface area contributed by atoms with Crippen LogP contribution < -0.4 is 4.74 Å². The van der Waals surface area contributed by atoms with E-state index in [9.17, 15) is 8.42 Å². The first-order chi connectivity index (χ1) is 7.46. The van der Waals surface area contributed by atoms with E-state index in [0.29, 0.717) is 5.75 Å². The summed E-state index contributed by atoms with van der Waals surface area (Å²) in [5.74, 6) is 0.497. The standard InChI is InChI=1S/C11H15ClO3S/c1-3-4-9-5-6-11(15-2)7-10(9)8-16(12,13)14/h5-7H,3-4,8H2,1-2H3. The van der Waals surface area contributed by atoms with Crippen LogP contribution in [0, 0.1) is 0 Å². The summed E-state index contributed by atoms with van der Waals surface area (Å²) in [6.07, 6.45) is 1.80. The molecule has 5 heteroatoms. The minimum atomic E-state index is -3.53.